The zero-order valence-corrected chi connectivity index (χ0v) is 12.3. The molecule has 0 amide bonds. The van der Waals surface area contributed by atoms with E-state index < -0.39 is 0 Å². The Balaban J connectivity index is 2.56. The van der Waals surface area contributed by atoms with Crippen LogP contribution in [0.2, 0.25) is 0 Å². The van der Waals surface area contributed by atoms with Crippen LogP contribution in [-0.2, 0) is 4.74 Å². The highest BCUT2D eigenvalue weighted by Crippen LogP contribution is 2.36. The van der Waals surface area contributed by atoms with Crippen molar-refractivity contribution < 1.29 is 4.74 Å². The number of hydrogen-bond acceptors (Lipinski definition) is 2. The van der Waals surface area contributed by atoms with Gasteiger partial charge in [-0.2, -0.15) is 0 Å². The molecule has 0 bridgehead atoms. The molecule has 0 aromatic heterocycles. The minimum Gasteiger partial charge on any atom is -0.380 e. The van der Waals surface area contributed by atoms with Gasteiger partial charge in [0.25, 0.3) is 0 Å². The minimum absolute atomic E-state index is 0.326. The predicted molar refractivity (Wildman–Crippen MR) is 74.2 cm³/mol. The molecule has 5 unspecified atom stereocenters. The van der Waals surface area contributed by atoms with Crippen molar-refractivity contribution in [2.45, 2.75) is 65.5 Å². The lowest BCUT2D eigenvalue weighted by molar-refractivity contribution is 0.0405. The van der Waals surface area contributed by atoms with E-state index in [0.29, 0.717) is 12.1 Å². The summed E-state index contributed by atoms with van der Waals surface area (Å²) in [6, 6.07) is 0.537. The van der Waals surface area contributed by atoms with Crippen LogP contribution in [0.1, 0.15) is 53.4 Å². The van der Waals surface area contributed by atoms with Gasteiger partial charge in [0.15, 0.2) is 0 Å². The average molecular weight is 241 g/mol. The maximum Gasteiger partial charge on any atom is 0.0698 e. The molecule has 2 heteroatoms. The van der Waals surface area contributed by atoms with Crippen molar-refractivity contribution in [3.63, 3.8) is 0 Å². The highest BCUT2D eigenvalue weighted by molar-refractivity contribution is 4.87. The molecule has 1 fully saturated rings. The monoisotopic (exact) mass is 241 g/mol. The number of nitrogens with one attached hydrogen (secondary N) is 1. The first-order valence-electron chi connectivity index (χ1n) is 7.36. The molecule has 1 aliphatic rings. The summed E-state index contributed by atoms with van der Waals surface area (Å²) in [5.41, 5.74) is 0. The van der Waals surface area contributed by atoms with Crippen LogP contribution in [0.5, 0.6) is 0 Å². The minimum atomic E-state index is 0.326. The molecule has 0 heterocycles. The fourth-order valence-corrected chi connectivity index (χ4v) is 3.09. The third kappa shape index (κ3) is 4.26. The van der Waals surface area contributed by atoms with Crippen LogP contribution >= 0.6 is 0 Å². The van der Waals surface area contributed by atoms with E-state index in [-0.39, 0.29) is 0 Å². The maximum absolute atomic E-state index is 5.56. The van der Waals surface area contributed by atoms with Gasteiger partial charge in [-0.25, -0.2) is 0 Å². The Morgan fingerprint density at radius 3 is 2.47 bits per heavy atom. The summed E-state index contributed by atoms with van der Waals surface area (Å²) in [7, 11) is 1.83. The van der Waals surface area contributed by atoms with Crippen LogP contribution in [0.4, 0.5) is 0 Å². The van der Waals surface area contributed by atoms with Gasteiger partial charge in [0.05, 0.1) is 6.10 Å². The molecule has 0 aromatic carbocycles. The van der Waals surface area contributed by atoms with Crippen LogP contribution in [-0.4, -0.2) is 25.8 Å². The molecule has 102 valence electrons. The average Bonchev–Trinajstić information content (AvgIpc) is 2.33. The molecule has 1 rings (SSSR count). The van der Waals surface area contributed by atoms with E-state index in [1.165, 1.54) is 25.7 Å². The molecule has 17 heavy (non-hydrogen) atoms. The van der Waals surface area contributed by atoms with E-state index in [9.17, 15) is 0 Å². The van der Waals surface area contributed by atoms with Gasteiger partial charge in [-0.1, -0.05) is 27.2 Å². The molecule has 0 saturated heterocycles. The van der Waals surface area contributed by atoms with Crippen molar-refractivity contribution >= 4 is 0 Å². The molecule has 0 spiro atoms. The van der Waals surface area contributed by atoms with E-state index in [0.717, 1.165) is 24.3 Å². The highest BCUT2D eigenvalue weighted by Gasteiger charge is 2.32. The second-order valence-electron chi connectivity index (χ2n) is 5.95. The zero-order valence-electron chi connectivity index (χ0n) is 12.3. The molecule has 2 nitrogen and oxygen atoms in total. The Kier molecular flexibility index (Phi) is 6.50. The van der Waals surface area contributed by atoms with Crippen LogP contribution in [0.25, 0.3) is 0 Å². The van der Waals surface area contributed by atoms with Gasteiger partial charge in [0.2, 0.25) is 0 Å². The van der Waals surface area contributed by atoms with Gasteiger partial charge in [-0.3, -0.25) is 0 Å². The maximum atomic E-state index is 5.56. The Labute approximate surface area is 108 Å². The van der Waals surface area contributed by atoms with Gasteiger partial charge in [0, 0.05) is 13.2 Å². The fourth-order valence-electron chi connectivity index (χ4n) is 3.09. The van der Waals surface area contributed by atoms with E-state index in [1.807, 2.05) is 7.11 Å². The molecule has 5 atom stereocenters. The number of ether oxygens (including phenoxy) is 1. The Morgan fingerprint density at radius 1 is 1.24 bits per heavy atom. The van der Waals surface area contributed by atoms with E-state index in [4.69, 9.17) is 4.74 Å². The zero-order chi connectivity index (χ0) is 12.8. The summed E-state index contributed by atoms with van der Waals surface area (Å²) < 4.78 is 5.56. The summed E-state index contributed by atoms with van der Waals surface area (Å²) in [5, 5.41) is 3.70. The molecular formula is C15H31NO. The van der Waals surface area contributed by atoms with Crippen molar-refractivity contribution in [3.8, 4) is 0 Å². The smallest absolute Gasteiger partial charge is 0.0698 e. The largest absolute Gasteiger partial charge is 0.380 e. The van der Waals surface area contributed by atoms with Crippen LogP contribution in [0, 0.1) is 17.8 Å². The standard InChI is InChI=1S/C15H31NO/c1-6-9-16-15(13(4)17-5)14-8-7-11(2)12(3)10-14/h11-16H,6-10H2,1-5H3. The molecule has 0 aromatic rings. The Bertz CT molecular complexity index is 207. The first kappa shape index (κ1) is 15.0. The molecular weight excluding hydrogens is 210 g/mol. The second-order valence-corrected chi connectivity index (χ2v) is 5.95. The predicted octanol–water partition coefficient (Wildman–Crippen LogP) is 3.46. The summed E-state index contributed by atoms with van der Waals surface area (Å²) in [4.78, 5) is 0. The second kappa shape index (κ2) is 7.38. The number of methoxy groups -OCH3 is 1. The Hall–Kier alpha value is -0.0800. The summed E-state index contributed by atoms with van der Waals surface area (Å²) in [6.07, 6.45) is 5.63. The van der Waals surface area contributed by atoms with Gasteiger partial charge >= 0.3 is 0 Å². The van der Waals surface area contributed by atoms with Crippen molar-refractivity contribution in [1.82, 2.24) is 5.32 Å². The summed E-state index contributed by atoms with van der Waals surface area (Å²) in [6.45, 7) is 10.3. The molecule has 0 aliphatic heterocycles. The third-order valence-electron chi connectivity index (χ3n) is 4.65. The number of rotatable bonds is 6. The number of hydrogen-bond donors (Lipinski definition) is 1. The summed E-state index contributed by atoms with van der Waals surface area (Å²) >= 11 is 0. The van der Waals surface area contributed by atoms with Gasteiger partial charge < -0.3 is 10.1 Å². The normalized spacial score (nSPS) is 33.4. The van der Waals surface area contributed by atoms with E-state index >= 15 is 0 Å². The lowest BCUT2D eigenvalue weighted by Crippen LogP contribution is -2.47. The first-order chi connectivity index (χ1) is 8.10. The molecule has 1 aliphatic carbocycles. The van der Waals surface area contributed by atoms with E-state index in [2.05, 4.69) is 33.0 Å². The summed E-state index contributed by atoms with van der Waals surface area (Å²) in [5.74, 6) is 2.56. The van der Waals surface area contributed by atoms with Crippen LogP contribution < -0.4 is 5.32 Å². The topological polar surface area (TPSA) is 21.3 Å². The SMILES string of the molecule is CCCNC(C1CCC(C)C(C)C1)C(C)OC. The van der Waals surface area contributed by atoms with Gasteiger partial charge in [-0.05, 0) is 50.5 Å². The van der Waals surface area contributed by atoms with Crippen molar-refractivity contribution in [2.24, 2.45) is 17.8 Å². The van der Waals surface area contributed by atoms with Crippen LogP contribution in [0.15, 0.2) is 0 Å². The molecule has 1 saturated carbocycles. The Morgan fingerprint density at radius 2 is 1.94 bits per heavy atom. The van der Waals surface area contributed by atoms with Crippen molar-refractivity contribution in [2.75, 3.05) is 13.7 Å². The quantitative estimate of drug-likeness (QED) is 0.769. The molecule has 0 radical (unpaired) electrons. The van der Waals surface area contributed by atoms with Gasteiger partial charge in [0.1, 0.15) is 0 Å². The van der Waals surface area contributed by atoms with Gasteiger partial charge in [-0.15, -0.1) is 0 Å². The third-order valence-corrected chi connectivity index (χ3v) is 4.65. The lowest BCUT2D eigenvalue weighted by atomic mass is 9.72. The fraction of sp³-hybridized carbons (Fsp3) is 1.00. The van der Waals surface area contributed by atoms with E-state index in [1.54, 1.807) is 0 Å². The highest BCUT2D eigenvalue weighted by atomic mass is 16.5. The molecule has 1 N–H and O–H groups in total. The lowest BCUT2D eigenvalue weighted by Gasteiger charge is -2.39. The first-order valence-corrected chi connectivity index (χ1v) is 7.36. The van der Waals surface area contributed by atoms with Crippen molar-refractivity contribution in [3.05, 3.63) is 0 Å². The van der Waals surface area contributed by atoms with Crippen LogP contribution in [0.3, 0.4) is 0 Å². The van der Waals surface area contributed by atoms with Crippen molar-refractivity contribution in [1.29, 1.82) is 0 Å².